The molecule has 0 unspecified atom stereocenters. The van der Waals surface area contributed by atoms with Gasteiger partial charge in [-0.3, -0.25) is 4.79 Å². The minimum absolute atomic E-state index is 0.00713. The molecule has 0 aliphatic heterocycles. The van der Waals surface area contributed by atoms with E-state index in [1.54, 1.807) is 7.11 Å². The quantitative estimate of drug-likeness (QED) is 0.825. The molecule has 0 bridgehead atoms. The first-order chi connectivity index (χ1) is 8.74. The molecule has 18 heavy (non-hydrogen) atoms. The van der Waals surface area contributed by atoms with E-state index in [0.29, 0.717) is 6.54 Å². The summed E-state index contributed by atoms with van der Waals surface area (Å²) >= 11 is 0. The first-order valence-electron chi connectivity index (χ1n) is 6.27. The van der Waals surface area contributed by atoms with Gasteiger partial charge in [0.1, 0.15) is 5.75 Å². The fourth-order valence-corrected chi connectivity index (χ4v) is 2.53. The molecule has 0 atom stereocenters. The molecule has 0 heterocycles. The number of nitrogens with one attached hydrogen (secondary N) is 1. The van der Waals surface area contributed by atoms with Crippen molar-refractivity contribution >= 4 is 5.91 Å². The summed E-state index contributed by atoms with van der Waals surface area (Å²) in [5, 5.41) is 11.6. The van der Waals surface area contributed by atoms with Crippen molar-refractivity contribution in [2.75, 3.05) is 20.3 Å². The molecule has 4 nitrogen and oxygen atoms in total. The van der Waals surface area contributed by atoms with E-state index in [4.69, 9.17) is 9.84 Å². The third-order valence-electron chi connectivity index (χ3n) is 3.66. The highest BCUT2D eigenvalue weighted by Crippen LogP contribution is 2.47. The molecule has 0 saturated heterocycles. The van der Waals surface area contributed by atoms with Gasteiger partial charge in [-0.25, -0.2) is 0 Å². The summed E-state index contributed by atoms with van der Waals surface area (Å²) in [5.41, 5.74) is 0.482. The molecule has 0 radical (unpaired) electrons. The van der Waals surface area contributed by atoms with Crippen LogP contribution in [0.2, 0.25) is 0 Å². The number of para-hydroxylation sites is 1. The predicted octanol–water partition coefficient (Wildman–Crippen LogP) is 1.23. The molecular formula is C14H19NO3. The highest BCUT2D eigenvalue weighted by Gasteiger charge is 2.46. The van der Waals surface area contributed by atoms with E-state index in [-0.39, 0.29) is 12.5 Å². The van der Waals surface area contributed by atoms with Gasteiger partial charge in [-0.05, 0) is 18.9 Å². The number of aliphatic hydroxyl groups excluding tert-OH is 1. The standard InChI is InChI=1S/C14H19NO3/c1-18-12-6-3-2-5-11(12)14(7-4-8-14)13(17)15-9-10-16/h2-3,5-6,16H,4,7-10H2,1H3,(H,15,17). The largest absolute Gasteiger partial charge is 0.496 e. The van der Waals surface area contributed by atoms with Gasteiger partial charge in [-0.1, -0.05) is 24.6 Å². The van der Waals surface area contributed by atoms with Gasteiger partial charge in [0, 0.05) is 12.1 Å². The number of rotatable bonds is 5. The first-order valence-corrected chi connectivity index (χ1v) is 6.27. The fraction of sp³-hybridized carbons (Fsp3) is 0.500. The van der Waals surface area contributed by atoms with E-state index >= 15 is 0 Å². The monoisotopic (exact) mass is 249 g/mol. The zero-order valence-electron chi connectivity index (χ0n) is 10.6. The van der Waals surface area contributed by atoms with E-state index in [9.17, 15) is 4.79 Å². The molecule has 2 rings (SSSR count). The molecule has 2 N–H and O–H groups in total. The molecule has 1 saturated carbocycles. The summed E-state index contributed by atoms with van der Waals surface area (Å²) in [6, 6.07) is 7.67. The lowest BCUT2D eigenvalue weighted by molar-refractivity contribution is -0.130. The van der Waals surface area contributed by atoms with Crippen LogP contribution in [-0.2, 0) is 10.2 Å². The molecule has 1 aliphatic carbocycles. The van der Waals surface area contributed by atoms with E-state index in [1.807, 2.05) is 24.3 Å². The second-order valence-corrected chi connectivity index (χ2v) is 4.62. The maximum Gasteiger partial charge on any atom is 0.230 e. The number of hydrogen-bond acceptors (Lipinski definition) is 3. The van der Waals surface area contributed by atoms with Crippen LogP contribution in [0.4, 0.5) is 0 Å². The average molecular weight is 249 g/mol. The van der Waals surface area contributed by atoms with E-state index < -0.39 is 5.41 Å². The summed E-state index contributed by atoms with van der Waals surface area (Å²) in [5.74, 6) is 0.753. The van der Waals surface area contributed by atoms with Crippen LogP contribution in [-0.4, -0.2) is 31.3 Å². The lowest BCUT2D eigenvalue weighted by Gasteiger charge is -2.41. The van der Waals surface area contributed by atoms with Gasteiger partial charge in [0.05, 0.1) is 19.1 Å². The van der Waals surface area contributed by atoms with Gasteiger partial charge in [-0.2, -0.15) is 0 Å². The lowest BCUT2D eigenvalue weighted by Crippen LogP contribution is -2.50. The number of methoxy groups -OCH3 is 1. The number of amides is 1. The highest BCUT2D eigenvalue weighted by atomic mass is 16.5. The Kier molecular flexibility index (Phi) is 3.87. The Morgan fingerprint density at radius 1 is 1.44 bits per heavy atom. The van der Waals surface area contributed by atoms with Gasteiger partial charge in [0.15, 0.2) is 0 Å². The second-order valence-electron chi connectivity index (χ2n) is 4.62. The molecule has 0 aromatic heterocycles. The Morgan fingerprint density at radius 2 is 2.17 bits per heavy atom. The van der Waals surface area contributed by atoms with Crippen molar-refractivity contribution in [3.63, 3.8) is 0 Å². The first kappa shape index (κ1) is 12.9. The van der Waals surface area contributed by atoms with Crippen LogP contribution in [0.3, 0.4) is 0 Å². The number of carbonyl (C=O) groups is 1. The average Bonchev–Trinajstić information content (AvgIpc) is 2.35. The summed E-state index contributed by atoms with van der Waals surface area (Å²) in [7, 11) is 1.62. The van der Waals surface area contributed by atoms with Gasteiger partial charge in [0.2, 0.25) is 5.91 Å². The maximum atomic E-state index is 12.3. The van der Waals surface area contributed by atoms with Gasteiger partial charge < -0.3 is 15.2 Å². The molecule has 1 aromatic carbocycles. The maximum absolute atomic E-state index is 12.3. The second kappa shape index (κ2) is 5.40. The minimum Gasteiger partial charge on any atom is -0.496 e. The van der Waals surface area contributed by atoms with E-state index in [1.165, 1.54) is 0 Å². The fourth-order valence-electron chi connectivity index (χ4n) is 2.53. The van der Waals surface area contributed by atoms with Crippen molar-refractivity contribution in [2.45, 2.75) is 24.7 Å². The zero-order chi connectivity index (χ0) is 13.0. The number of carbonyl (C=O) groups excluding carboxylic acids is 1. The highest BCUT2D eigenvalue weighted by molar-refractivity contribution is 5.90. The van der Waals surface area contributed by atoms with Gasteiger partial charge in [-0.15, -0.1) is 0 Å². The Morgan fingerprint density at radius 3 is 2.72 bits per heavy atom. The van der Waals surface area contributed by atoms with E-state index in [0.717, 1.165) is 30.6 Å². The number of hydrogen-bond donors (Lipinski definition) is 2. The topological polar surface area (TPSA) is 58.6 Å². The van der Waals surface area contributed by atoms with Crippen molar-refractivity contribution in [1.29, 1.82) is 0 Å². The van der Waals surface area contributed by atoms with Crippen LogP contribution >= 0.6 is 0 Å². The van der Waals surface area contributed by atoms with E-state index in [2.05, 4.69) is 5.32 Å². The smallest absolute Gasteiger partial charge is 0.230 e. The molecule has 0 spiro atoms. The SMILES string of the molecule is COc1ccccc1C1(C(=O)NCCO)CCC1. The number of ether oxygens (including phenoxy) is 1. The summed E-state index contributed by atoms with van der Waals surface area (Å²) in [6.07, 6.45) is 2.72. The minimum atomic E-state index is -0.470. The van der Waals surface area contributed by atoms with Crippen molar-refractivity contribution in [3.8, 4) is 5.75 Å². The Labute approximate surface area is 107 Å². The van der Waals surface area contributed by atoms with Crippen LogP contribution in [0.1, 0.15) is 24.8 Å². The van der Waals surface area contributed by atoms with Crippen LogP contribution < -0.4 is 10.1 Å². The third-order valence-corrected chi connectivity index (χ3v) is 3.66. The van der Waals surface area contributed by atoms with Crippen molar-refractivity contribution in [3.05, 3.63) is 29.8 Å². The molecule has 1 aromatic rings. The van der Waals surface area contributed by atoms with Crippen molar-refractivity contribution in [2.24, 2.45) is 0 Å². The summed E-state index contributed by atoms with van der Waals surface area (Å²) in [4.78, 5) is 12.3. The zero-order valence-corrected chi connectivity index (χ0v) is 10.6. The van der Waals surface area contributed by atoms with Gasteiger partial charge in [0.25, 0.3) is 0 Å². The molecule has 1 amide bonds. The normalized spacial score (nSPS) is 16.8. The predicted molar refractivity (Wildman–Crippen MR) is 68.6 cm³/mol. The van der Waals surface area contributed by atoms with Crippen molar-refractivity contribution < 1.29 is 14.6 Å². The number of benzene rings is 1. The number of aliphatic hydroxyl groups is 1. The van der Waals surface area contributed by atoms with Crippen molar-refractivity contribution in [1.82, 2.24) is 5.32 Å². The molecule has 1 aliphatic rings. The summed E-state index contributed by atoms with van der Waals surface area (Å²) in [6.45, 7) is 0.267. The van der Waals surface area contributed by atoms with Gasteiger partial charge >= 0.3 is 0 Å². The summed E-state index contributed by atoms with van der Waals surface area (Å²) < 4.78 is 5.35. The Hall–Kier alpha value is -1.55. The lowest BCUT2D eigenvalue weighted by atomic mass is 9.63. The van der Waals surface area contributed by atoms with Crippen LogP contribution in [0.5, 0.6) is 5.75 Å². The molecular weight excluding hydrogens is 230 g/mol. The molecule has 98 valence electrons. The molecule has 1 fully saturated rings. The van der Waals surface area contributed by atoms with Crippen LogP contribution in [0, 0.1) is 0 Å². The Bertz CT molecular complexity index is 427. The third kappa shape index (κ3) is 2.08. The Balaban J connectivity index is 2.29. The molecule has 4 heteroatoms. The van der Waals surface area contributed by atoms with Crippen LogP contribution in [0.15, 0.2) is 24.3 Å². The van der Waals surface area contributed by atoms with Crippen LogP contribution in [0.25, 0.3) is 0 Å².